The predicted molar refractivity (Wildman–Crippen MR) is 47.0 cm³/mol. The highest BCUT2D eigenvalue weighted by molar-refractivity contribution is 5.76. The first-order chi connectivity index (χ1) is 5.22. The maximum absolute atomic E-state index is 10.8. The fourth-order valence-corrected chi connectivity index (χ4v) is 1.10. The molecule has 0 heterocycles. The zero-order valence-electron chi connectivity index (χ0n) is 7.18. The van der Waals surface area contributed by atoms with Crippen LogP contribution in [0.4, 0.5) is 0 Å². The van der Waals surface area contributed by atoms with Crippen LogP contribution in [0.5, 0.6) is 0 Å². The average Bonchev–Trinajstić information content (AvgIpc) is 1.97. The van der Waals surface area contributed by atoms with Gasteiger partial charge in [-0.1, -0.05) is 19.4 Å². The van der Waals surface area contributed by atoms with Crippen LogP contribution in [0.15, 0.2) is 12.7 Å². The Morgan fingerprint density at radius 2 is 2.27 bits per heavy atom. The van der Waals surface area contributed by atoms with Crippen LogP contribution in [0.25, 0.3) is 0 Å². The van der Waals surface area contributed by atoms with Crippen LogP contribution in [-0.4, -0.2) is 5.91 Å². The number of hydrogen-bond acceptors (Lipinski definition) is 1. The molecule has 0 aliphatic heterocycles. The Kier molecular flexibility index (Phi) is 5.53. The van der Waals surface area contributed by atoms with Crippen molar-refractivity contribution in [3.8, 4) is 0 Å². The Morgan fingerprint density at radius 3 is 2.64 bits per heavy atom. The van der Waals surface area contributed by atoms with Crippen LogP contribution < -0.4 is 5.73 Å². The lowest BCUT2D eigenvalue weighted by Gasteiger charge is -2.09. The van der Waals surface area contributed by atoms with Crippen molar-refractivity contribution in [3.63, 3.8) is 0 Å². The van der Waals surface area contributed by atoms with Gasteiger partial charge in [0.1, 0.15) is 0 Å². The first kappa shape index (κ1) is 10.2. The molecule has 11 heavy (non-hydrogen) atoms. The molecule has 0 fully saturated rings. The lowest BCUT2D eigenvalue weighted by atomic mass is 9.97. The van der Waals surface area contributed by atoms with Crippen molar-refractivity contribution in [3.05, 3.63) is 12.7 Å². The molecular formula is C9H17NO. The number of rotatable bonds is 6. The molecule has 2 heteroatoms. The molecule has 0 aromatic heterocycles. The lowest BCUT2D eigenvalue weighted by Crippen LogP contribution is -2.22. The number of amides is 1. The molecular weight excluding hydrogens is 138 g/mol. The summed E-state index contributed by atoms with van der Waals surface area (Å²) < 4.78 is 0. The van der Waals surface area contributed by atoms with E-state index in [0.717, 1.165) is 25.7 Å². The minimum absolute atomic E-state index is 0.0537. The van der Waals surface area contributed by atoms with E-state index in [4.69, 9.17) is 5.73 Å². The number of carbonyl (C=O) groups is 1. The largest absolute Gasteiger partial charge is 0.369 e. The Hall–Kier alpha value is -0.790. The number of allylic oxidation sites excluding steroid dienone is 1. The topological polar surface area (TPSA) is 43.1 Å². The van der Waals surface area contributed by atoms with Crippen LogP contribution in [-0.2, 0) is 4.79 Å². The highest BCUT2D eigenvalue weighted by Gasteiger charge is 2.11. The van der Waals surface area contributed by atoms with Crippen molar-refractivity contribution in [2.75, 3.05) is 0 Å². The van der Waals surface area contributed by atoms with Gasteiger partial charge in [-0.3, -0.25) is 4.79 Å². The third-order valence-corrected chi connectivity index (χ3v) is 1.76. The van der Waals surface area contributed by atoms with Gasteiger partial charge in [0.15, 0.2) is 0 Å². The second-order valence-corrected chi connectivity index (χ2v) is 2.75. The number of primary amides is 1. The van der Waals surface area contributed by atoms with Crippen molar-refractivity contribution < 1.29 is 4.79 Å². The summed E-state index contributed by atoms with van der Waals surface area (Å²) in [5.41, 5.74) is 5.19. The third-order valence-electron chi connectivity index (χ3n) is 1.76. The summed E-state index contributed by atoms with van der Waals surface area (Å²) in [4.78, 5) is 10.8. The van der Waals surface area contributed by atoms with Gasteiger partial charge in [-0.2, -0.15) is 0 Å². The van der Waals surface area contributed by atoms with Crippen molar-refractivity contribution in [2.24, 2.45) is 11.7 Å². The quantitative estimate of drug-likeness (QED) is 0.584. The highest BCUT2D eigenvalue weighted by atomic mass is 16.1. The minimum Gasteiger partial charge on any atom is -0.369 e. The summed E-state index contributed by atoms with van der Waals surface area (Å²) in [5, 5.41) is 0. The second kappa shape index (κ2) is 5.96. The maximum Gasteiger partial charge on any atom is 0.220 e. The van der Waals surface area contributed by atoms with E-state index in [1.54, 1.807) is 0 Å². The molecule has 0 aromatic carbocycles. The van der Waals surface area contributed by atoms with Gasteiger partial charge in [0.25, 0.3) is 0 Å². The van der Waals surface area contributed by atoms with Gasteiger partial charge in [-0.25, -0.2) is 0 Å². The van der Waals surface area contributed by atoms with Gasteiger partial charge in [0, 0.05) is 5.92 Å². The Balaban J connectivity index is 3.68. The van der Waals surface area contributed by atoms with E-state index < -0.39 is 0 Å². The van der Waals surface area contributed by atoms with E-state index in [2.05, 4.69) is 13.5 Å². The predicted octanol–water partition coefficient (Wildman–Crippen LogP) is 1.85. The SMILES string of the molecule is C=CCCC(CCC)C(N)=O. The lowest BCUT2D eigenvalue weighted by molar-refractivity contribution is -0.122. The molecule has 0 aliphatic rings. The van der Waals surface area contributed by atoms with E-state index in [-0.39, 0.29) is 11.8 Å². The first-order valence-electron chi connectivity index (χ1n) is 4.12. The van der Waals surface area contributed by atoms with E-state index in [9.17, 15) is 4.79 Å². The molecule has 1 amide bonds. The van der Waals surface area contributed by atoms with Crippen LogP contribution >= 0.6 is 0 Å². The van der Waals surface area contributed by atoms with E-state index in [1.165, 1.54) is 0 Å². The molecule has 0 aliphatic carbocycles. The molecule has 1 atom stereocenters. The molecule has 0 spiro atoms. The molecule has 0 rings (SSSR count). The number of carbonyl (C=O) groups excluding carboxylic acids is 1. The second-order valence-electron chi connectivity index (χ2n) is 2.75. The standard InChI is InChI=1S/C9H17NO/c1-3-5-7-8(6-4-2)9(10)11/h3,8H,1,4-7H2,2H3,(H2,10,11). The molecule has 2 nitrogen and oxygen atoms in total. The zero-order chi connectivity index (χ0) is 8.69. The summed E-state index contributed by atoms with van der Waals surface area (Å²) in [5.74, 6) is -0.119. The molecule has 0 aromatic rings. The monoisotopic (exact) mass is 155 g/mol. The minimum atomic E-state index is -0.172. The molecule has 0 radical (unpaired) electrons. The average molecular weight is 155 g/mol. The summed E-state index contributed by atoms with van der Waals surface area (Å²) in [7, 11) is 0. The molecule has 64 valence electrons. The first-order valence-corrected chi connectivity index (χ1v) is 4.12. The number of hydrogen-bond donors (Lipinski definition) is 1. The van der Waals surface area contributed by atoms with Crippen molar-refractivity contribution >= 4 is 5.91 Å². The Labute approximate surface area is 68.5 Å². The van der Waals surface area contributed by atoms with E-state index >= 15 is 0 Å². The van der Waals surface area contributed by atoms with Crippen molar-refractivity contribution in [1.29, 1.82) is 0 Å². The summed E-state index contributed by atoms with van der Waals surface area (Å²) in [6, 6.07) is 0. The van der Waals surface area contributed by atoms with Gasteiger partial charge in [-0.05, 0) is 19.3 Å². The summed E-state index contributed by atoms with van der Waals surface area (Å²) >= 11 is 0. The van der Waals surface area contributed by atoms with Gasteiger partial charge >= 0.3 is 0 Å². The van der Waals surface area contributed by atoms with Crippen LogP contribution in [0.2, 0.25) is 0 Å². The molecule has 0 bridgehead atoms. The highest BCUT2D eigenvalue weighted by Crippen LogP contribution is 2.12. The smallest absolute Gasteiger partial charge is 0.220 e. The van der Waals surface area contributed by atoms with Gasteiger partial charge in [-0.15, -0.1) is 6.58 Å². The Bertz CT molecular complexity index is 132. The fourth-order valence-electron chi connectivity index (χ4n) is 1.10. The van der Waals surface area contributed by atoms with E-state index in [0.29, 0.717) is 0 Å². The number of nitrogens with two attached hydrogens (primary N) is 1. The molecule has 0 saturated carbocycles. The normalized spacial score (nSPS) is 12.5. The van der Waals surface area contributed by atoms with Gasteiger partial charge in [0.2, 0.25) is 5.91 Å². The van der Waals surface area contributed by atoms with E-state index in [1.807, 2.05) is 6.08 Å². The van der Waals surface area contributed by atoms with Crippen molar-refractivity contribution in [1.82, 2.24) is 0 Å². The van der Waals surface area contributed by atoms with Crippen LogP contribution in [0.3, 0.4) is 0 Å². The van der Waals surface area contributed by atoms with Crippen LogP contribution in [0.1, 0.15) is 32.6 Å². The maximum atomic E-state index is 10.8. The van der Waals surface area contributed by atoms with Crippen LogP contribution in [0, 0.1) is 5.92 Å². The molecule has 1 unspecified atom stereocenters. The zero-order valence-corrected chi connectivity index (χ0v) is 7.18. The van der Waals surface area contributed by atoms with Crippen molar-refractivity contribution in [2.45, 2.75) is 32.6 Å². The van der Waals surface area contributed by atoms with Gasteiger partial charge in [0.05, 0.1) is 0 Å². The Morgan fingerprint density at radius 1 is 1.64 bits per heavy atom. The summed E-state index contributed by atoms with van der Waals surface area (Å²) in [6.45, 7) is 5.66. The molecule has 0 saturated heterocycles. The fraction of sp³-hybridized carbons (Fsp3) is 0.667. The third kappa shape index (κ3) is 4.59. The summed E-state index contributed by atoms with van der Waals surface area (Å²) in [6.07, 6.45) is 5.49. The van der Waals surface area contributed by atoms with Gasteiger partial charge < -0.3 is 5.73 Å². The molecule has 2 N–H and O–H groups in total.